The number of nitrogens with one attached hydrogen (secondary N) is 1. The second kappa shape index (κ2) is 4.58. The quantitative estimate of drug-likeness (QED) is 0.701. The molecule has 0 saturated heterocycles. The number of hydrogen-bond acceptors (Lipinski definition) is 4. The molecule has 0 aromatic carbocycles. The van der Waals surface area contributed by atoms with E-state index in [0.717, 1.165) is 0 Å². The molecule has 4 N–H and O–H groups in total. The highest BCUT2D eigenvalue weighted by Gasteiger charge is 2.25. The minimum absolute atomic E-state index is 0.0206. The van der Waals surface area contributed by atoms with Gasteiger partial charge in [-0.3, -0.25) is 4.79 Å². The number of amides is 1. The van der Waals surface area contributed by atoms with E-state index < -0.39 is 17.4 Å². The van der Waals surface area contributed by atoms with Crippen molar-refractivity contribution in [2.75, 3.05) is 5.32 Å². The smallest absolute Gasteiger partial charge is 0.335 e. The van der Waals surface area contributed by atoms with Gasteiger partial charge in [0.15, 0.2) is 0 Å². The van der Waals surface area contributed by atoms with Crippen molar-refractivity contribution in [1.82, 2.24) is 4.98 Å². The van der Waals surface area contributed by atoms with Gasteiger partial charge >= 0.3 is 5.97 Å². The molecule has 0 aliphatic carbocycles. The molecule has 0 aliphatic heterocycles. The number of hydrogen-bond donors (Lipinski definition) is 3. The van der Waals surface area contributed by atoms with Crippen molar-refractivity contribution in [1.29, 1.82) is 0 Å². The summed E-state index contributed by atoms with van der Waals surface area (Å²) < 4.78 is 0. The number of halogens is 1. The number of aromatic carboxylic acids is 1. The highest BCUT2D eigenvalue weighted by molar-refractivity contribution is 6.29. The maximum absolute atomic E-state index is 11.1. The van der Waals surface area contributed by atoms with Crippen LogP contribution in [0.1, 0.15) is 24.2 Å². The summed E-state index contributed by atoms with van der Waals surface area (Å²) in [6.07, 6.45) is 0. The molecule has 7 heteroatoms. The predicted octanol–water partition coefficient (Wildman–Crippen LogP) is 1.11. The minimum atomic E-state index is -1.13. The second-order valence-corrected chi connectivity index (χ2v) is 4.37. The summed E-state index contributed by atoms with van der Waals surface area (Å²) >= 11 is 5.67. The molecule has 92 valence electrons. The van der Waals surface area contributed by atoms with Crippen molar-refractivity contribution < 1.29 is 14.7 Å². The van der Waals surface area contributed by atoms with E-state index in [1.54, 1.807) is 13.8 Å². The summed E-state index contributed by atoms with van der Waals surface area (Å²) in [6.45, 7) is 3.11. The molecule has 1 aromatic rings. The van der Waals surface area contributed by atoms with E-state index in [1.807, 2.05) is 0 Å². The number of aromatic nitrogens is 1. The van der Waals surface area contributed by atoms with E-state index in [1.165, 1.54) is 12.1 Å². The molecule has 0 fully saturated rings. The average molecular weight is 258 g/mol. The van der Waals surface area contributed by atoms with Gasteiger partial charge in [-0.1, -0.05) is 11.6 Å². The summed E-state index contributed by atoms with van der Waals surface area (Å²) in [7, 11) is 0. The van der Waals surface area contributed by atoms with Crippen LogP contribution < -0.4 is 11.1 Å². The van der Waals surface area contributed by atoms with Gasteiger partial charge in [-0.25, -0.2) is 9.78 Å². The highest BCUT2D eigenvalue weighted by atomic mass is 35.5. The maximum Gasteiger partial charge on any atom is 0.335 e. The summed E-state index contributed by atoms with van der Waals surface area (Å²) in [5.74, 6) is -1.54. The number of carboxylic acids is 1. The second-order valence-electron chi connectivity index (χ2n) is 3.98. The first-order valence-electron chi connectivity index (χ1n) is 4.71. The molecular formula is C10H12ClN3O3. The van der Waals surface area contributed by atoms with Gasteiger partial charge in [-0.05, 0) is 26.0 Å². The van der Waals surface area contributed by atoms with Gasteiger partial charge in [0.05, 0.1) is 5.56 Å². The number of carbonyl (C=O) groups is 2. The fraction of sp³-hybridized carbons (Fsp3) is 0.300. The Morgan fingerprint density at radius 1 is 1.47 bits per heavy atom. The Hall–Kier alpha value is -1.82. The third-order valence-corrected chi connectivity index (χ3v) is 2.29. The zero-order valence-electron chi connectivity index (χ0n) is 9.32. The average Bonchev–Trinajstić information content (AvgIpc) is 2.15. The fourth-order valence-corrected chi connectivity index (χ4v) is 1.27. The van der Waals surface area contributed by atoms with Crippen molar-refractivity contribution in [3.05, 3.63) is 22.8 Å². The lowest BCUT2D eigenvalue weighted by Crippen LogP contribution is -2.45. The largest absolute Gasteiger partial charge is 0.478 e. The predicted molar refractivity (Wildman–Crippen MR) is 63.1 cm³/mol. The zero-order valence-corrected chi connectivity index (χ0v) is 10.1. The molecule has 6 nitrogen and oxygen atoms in total. The maximum atomic E-state index is 11.1. The monoisotopic (exact) mass is 257 g/mol. The molecule has 0 spiro atoms. The van der Waals surface area contributed by atoms with E-state index in [0.29, 0.717) is 0 Å². The molecule has 1 rings (SSSR count). The number of nitrogens with zero attached hydrogens (tertiary/aromatic N) is 1. The number of nitrogens with two attached hydrogens (primary N) is 1. The van der Waals surface area contributed by atoms with Crippen LogP contribution in [0.2, 0.25) is 5.15 Å². The highest BCUT2D eigenvalue weighted by Crippen LogP contribution is 2.18. The number of anilines is 1. The van der Waals surface area contributed by atoms with E-state index in [4.69, 9.17) is 22.4 Å². The zero-order chi connectivity index (χ0) is 13.2. The van der Waals surface area contributed by atoms with Gasteiger partial charge in [0.2, 0.25) is 5.91 Å². The van der Waals surface area contributed by atoms with E-state index >= 15 is 0 Å². The van der Waals surface area contributed by atoms with Crippen LogP contribution in [0.5, 0.6) is 0 Å². The number of pyridine rings is 1. The summed E-state index contributed by atoms with van der Waals surface area (Å²) in [6, 6.07) is 2.49. The number of primary amides is 1. The van der Waals surface area contributed by atoms with Gasteiger partial charge < -0.3 is 16.2 Å². The molecule has 1 amide bonds. The van der Waals surface area contributed by atoms with Gasteiger partial charge in [0.25, 0.3) is 0 Å². The first-order valence-corrected chi connectivity index (χ1v) is 5.09. The Morgan fingerprint density at radius 2 is 2.06 bits per heavy atom. The molecule has 1 aromatic heterocycles. The summed E-state index contributed by atoms with van der Waals surface area (Å²) in [4.78, 5) is 25.8. The van der Waals surface area contributed by atoms with Crippen molar-refractivity contribution in [3.8, 4) is 0 Å². The van der Waals surface area contributed by atoms with Gasteiger partial charge in [0, 0.05) is 0 Å². The minimum Gasteiger partial charge on any atom is -0.478 e. The van der Waals surface area contributed by atoms with Gasteiger partial charge in [0.1, 0.15) is 16.5 Å². The third kappa shape index (κ3) is 3.32. The first kappa shape index (κ1) is 13.2. The van der Waals surface area contributed by atoms with Crippen molar-refractivity contribution >= 4 is 29.3 Å². The number of carbonyl (C=O) groups excluding carboxylic acids is 1. The SMILES string of the molecule is CC(C)(Nc1cc(C(=O)O)cc(Cl)n1)C(N)=O. The Morgan fingerprint density at radius 3 is 2.53 bits per heavy atom. The van der Waals surface area contributed by atoms with E-state index in [9.17, 15) is 9.59 Å². The molecule has 0 saturated carbocycles. The number of rotatable bonds is 4. The Balaban J connectivity index is 3.07. The lowest BCUT2D eigenvalue weighted by Gasteiger charge is -2.23. The lowest BCUT2D eigenvalue weighted by atomic mass is 10.1. The lowest BCUT2D eigenvalue weighted by molar-refractivity contribution is -0.121. The van der Waals surface area contributed by atoms with Crippen molar-refractivity contribution in [2.24, 2.45) is 5.73 Å². The van der Waals surface area contributed by atoms with Crippen LogP contribution in [-0.4, -0.2) is 27.5 Å². The molecule has 0 bridgehead atoms. The third-order valence-electron chi connectivity index (χ3n) is 2.10. The van der Waals surface area contributed by atoms with Crippen LogP contribution in [0.3, 0.4) is 0 Å². The van der Waals surface area contributed by atoms with Crippen LogP contribution in [0, 0.1) is 0 Å². The molecule has 1 heterocycles. The topological polar surface area (TPSA) is 105 Å². The van der Waals surface area contributed by atoms with Crippen LogP contribution in [-0.2, 0) is 4.79 Å². The Kier molecular flexibility index (Phi) is 3.57. The van der Waals surface area contributed by atoms with E-state index in [2.05, 4.69) is 10.3 Å². The van der Waals surface area contributed by atoms with Crippen LogP contribution in [0.25, 0.3) is 0 Å². The standard InChI is InChI=1S/C10H12ClN3O3/c1-10(2,9(12)17)14-7-4-5(8(15)16)3-6(11)13-7/h3-4H,1-2H3,(H2,12,17)(H,13,14)(H,15,16). The molecular weight excluding hydrogens is 246 g/mol. The van der Waals surface area contributed by atoms with Crippen molar-refractivity contribution in [2.45, 2.75) is 19.4 Å². The number of carboxylic acid groups (broad SMARTS) is 1. The Labute approximate surface area is 103 Å². The molecule has 0 atom stereocenters. The van der Waals surface area contributed by atoms with E-state index in [-0.39, 0.29) is 16.5 Å². The van der Waals surface area contributed by atoms with Crippen molar-refractivity contribution in [3.63, 3.8) is 0 Å². The molecule has 0 radical (unpaired) electrons. The normalized spacial score (nSPS) is 11.0. The Bertz CT molecular complexity index is 474. The summed E-state index contributed by atoms with van der Waals surface area (Å²) in [5.41, 5.74) is 4.11. The van der Waals surface area contributed by atoms with Crippen LogP contribution >= 0.6 is 11.6 Å². The van der Waals surface area contributed by atoms with Crippen LogP contribution in [0.15, 0.2) is 12.1 Å². The summed E-state index contributed by atoms with van der Waals surface area (Å²) in [5, 5.41) is 11.6. The van der Waals surface area contributed by atoms with Crippen LogP contribution in [0.4, 0.5) is 5.82 Å². The fourth-order valence-electron chi connectivity index (χ4n) is 1.07. The molecule has 0 aliphatic rings. The molecule has 17 heavy (non-hydrogen) atoms. The first-order chi connectivity index (χ1) is 7.72. The van der Waals surface area contributed by atoms with Gasteiger partial charge in [-0.2, -0.15) is 0 Å². The molecule has 0 unspecified atom stereocenters. The van der Waals surface area contributed by atoms with Gasteiger partial charge in [-0.15, -0.1) is 0 Å².